The van der Waals surface area contributed by atoms with Crippen molar-refractivity contribution >= 4 is 28.5 Å². The molecule has 0 aliphatic carbocycles. The van der Waals surface area contributed by atoms with Crippen molar-refractivity contribution in [3.8, 4) is 0 Å². The Morgan fingerprint density at radius 2 is 2.31 bits per heavy atom. The van der Waals surface area contributed by atoms with Gasteiger partial charge in [0, 0.05) is 23.0 Å². The Bertz CT molecular complexity index is 353. The molecule has 1 aromatic rings. The Morgan fingerprint density at radius 1 is 1.62 bits per heavy atom. The Morgan fingerprint density at radius 3 is 2.81 bits per heavy atom. The molecular formula is C11H17N3S2. The number of aromatic nitrogens is 1. The van der Waals surface area contributed by atoms with Crippen molar-refractivity contribution < 1.29 is 0 Å². The van der Waals surface area contributed by atoms with Gasteiger partial charge >= 0.3 is 0 Å². The van der Waals surface area contributed by atoms with E-state index in [1.54, 1.807) is 11.3 Å². The summed E-state index contributed by atoms with van der Waals surface area (Å²) in [5.74, 6) is 0. The summed E-state index contributed by atoms with van der Waals surface area (Å²) in [4.78, 5) is 8.55. The van der Waals surface area contributed by atoms with Crippen molar-refractivity contribution in [2.75, 3.05) is 13.1 Å². The standard InChI is InChI=1S/C11H17N3S2/c1-11(10(12)15)2-4-14(5-3-11)7-9-6-13-8-16-9/h6,8H,2-5,7H2,1H3,(H2,12,15). The molecule has 0 aromatic carbocycles. The molecule has 0 spiro atoms. The number of thiazole rings is 1. The van der Waals surface area contributed by atoms with Gasteiger partial charge in [0.1, 0.15) is 0 Å². The Balaban J connectivity index is 1.88. The van der Waals surface area contributed by atoms with E-state index in [-0.39, 0.29) is 5.41 Å². The molecule has 0 unspecified atom stereocenters. The monoisotopic (exact) mass is 255 g/mol. The van der Waals surface area contributed by atoms with Crippen LogP contribution >= 0.6 is 23.6 Å². The van der Waals surface area contributed by atoms with Crippen LogP contribution in [0.1, 0.15) is 24.6 Å². The van der Waals surface area contributed by atoms with Crippen LogP contribution in [0.5, 0.6) is 0 Å². The van der Waals surface area contributed by atoms with Gasteiger partial charge in [-0.2, -0.15) is 0 Å². The molecule has 5 heteroatoms. The van der Waals surface area contributed by atoms with E-state index in [1.807, 2.05) is 11.7 Å². The second-order valence-corrected chi connectivity index (χ2v) is 6.08. The SMILES string of the molecule is CC1(C(N)=S)CCN(Cc2cncs2)CC1. The molecule has 0 bridgehead atoms. The molecule has 2 N–H and O–H groups in total. The van der Waals surface area contributed by atoms with Gasteiger partial charge in [-0.3, -0.25) is 9.88 Å². The minimum Gasteiger partial charge on any atom is -0.393 e. The fourth-order valence-corrected chi connectivity index (χ4v) is 2.83. The first-order chi connectivity index (χ1) is 7.60. The zero-order valence-electron chi connectivity index (χ0n) is 9.48. The van der Waals surface area contributed by atoms with Gasteiger partial charge in [-0.15, -0.1) is 11.3 Å². The van der Waals surface area contributed by atoms with Gasteiger partial charge in [-0.1, -0.05) is 19.1 Å². The van der Waals surface area contributed by atoms with Crippen LogP contribution in [0.15, 0.2) is 11.7 Å². The lowest BCUT2D eigenvalue weighted by Crippen LogP contribution is -2.44. The van der Waals surface area contributed by atoms with Crippen LogP contribution in [0, 0.1) is 5.41 Å². The first-order valence-electron chi connectivity index (χ1n) is 5.50. The average molecular weight is 255 g/mol. The fourth-order valence-electron chi connectivity index (χ4n) is 1.99. The lowest BCUT2D eigenvalue weighted by atomic mass is 9.80. The van der Waals surface area contributed by atoms with E-state index in [1.165, 1.54) is 4.88 Å². The van der Waals surface area contributed by atoms with Crippen LogP contribution in [0.2, 0.25) is 0 Å². The van der Waals surface area contributed by atoms with Gasteiger partial charge < -0.3 is 5.73 Å². The van der Waals surface area contributed by atoms with E-state index in [2.05, 4.69) is 16.8 Å². The highest BCUT2D eigenvalue weighted by atomic mass is 32.1. The predicted molar refractivity (Wildman–Crippen MR) is 71.5 cm³/mol. The van der Waals surface area contributed by atoms with Crippen molar-refractivity contribution in [3.05, 3.63) is 16.6 Å². The highest BCUT2D eigenvalue weighted by molar-refractivity contribution is 7.80. The van der Waals surface area contributed by atoms with Crippen LogP contribution in [-0.4, -0.2) is 28.0 Å². The molecule has 16 heavy (non-hydrogen) atoms. The molecule has 0 radical (unpaired) electrons. The van der Waals surface area contributed by atoms with Crippen LogP contribution < -0.4 is 5.73 Å². The van der Waals surface area contributed by atoms with Gasteiger partial charge in [0.15, 0.2) is 0 Å². The largest absolute Gasteiger partial charge is 0.393 e. The Hall–Kier alpha value is -0.520. The molecule has 1 fully saturated rings. The maximum absolute atomic E-state index is 5.79. The van der Waals surface area contributed by atoms with Crippen molar-refractivity contribution in [2.45, 2.75) is 26.3 Å². The molecule has 2 rings (SSSR count). The first-order valence-corrected chi connectivity index (χ1v) is 6.78. The molecule has 1 saturated heterocycles. The fraction of sp³-hybridized carbons (Fsp3) is 0.636. The van der Waals surface area contributed by atoms with E-state index in [4.69, 9.17) is 18.0 Å². The molecule has 88 valence electrons. The summed E-state index contributed by atoms with van der Waals surface area (Å²) in [7, 11) is 0. The van der Waals surface area contributed by atoms with Crippen LogP contribution in [0.3, 0.4) is 0 Å². The quantitative estimate of drug-likeness (QED) is 0.839. The lowest BCUT2D eigenvalue weighted by Gasteiger charge is -2.38. The minimum absolute atomic E-state index is 0.0690. The second kappa shape index (κ2) is 4.77. The van der Waals surface area contributed by atoms with Gasteiger partial charge in [0.25, 0.3) is 0 Å². The van der Waals surface area contributed by atoms with E-state index in [0.717, 1.165) is 32.5 Å². The number of hydrogen-bond donors (Lipinski definition) is 1. The third kappa shape index (κ3) is 2.59. The number of likely N-dealkylation sites (tertiary alicyclic amines) is 1. The number of nitrogens with two attached hydrogens (primary N) is 1. The zero-order chi connectivity index (χ0) is 11.6. The third-order valence-electron chi connectivity index (χ3n) is 3.42. The van der Waals surface area contributed by atoms with Crippen LogP contribution in [-0.2, 0) is 6.54 Å². The van der Waals surface area contributed by atoms with Crippen LogP contribution in [0.4, 0.5) is 0 Å². The Labute approximate surface area is 106 Å². The van der Waals surface area contributed by atoms with Gasteiger partial charge in [0.05, 0.1) is 10.5 Å². The molecule has 3 nitrogen and oxygen atoms in total. The molecule has 0 amide bonds. The van der Waals surface area contributed by atoms with E-state index in [9.17, 15) is 0 Å². The van der Waals surface area contributed by atoms with E-state index >= 15 is 0 Å². The molecule has 0 saturated carbocycles. The van der Waals surface area contributed by atoms with E-state index < -0.39 is 0 Å². The average Bonchev–Trinajstić information content (AvgIpc) is 2.74. The summed E-state index contributed by atoms with van der Waals surface area (Å²) < 4.78 is 0. The smallest absolute Gasteiger partial charge is 0.0794 e. The van der Waals surface area contributed by atoms with Gasteiger partial charge in [-0.25, -0.2) is 0 Å². The highest BCUT2D eigenvalue weighted by Gasteiger charge is 2.32. The molecule has 0 atom stereocenters. The third-order valence-corrected chi connectivity index (χ3v) is 4.67. The van der Waals surface area contributed by atoms with Gasteiger partial charge in [0.2, 0.25) is 0 Å². The topological polar surface area (TPSA) is 42.1 Å². The Kier molecular flexibility index (Phi) is 3.56. The van der Waals surface area contributed by atoms with Crippen LogP contribution in [0.25, 0.3) is 0 Å². The molecular weight excluding hydrogens is 238 g/mol. The first kappa shape index (κ1) is 12.0. The molecule has 1 aromatic heterocycles. The zero-order valence-corrected chi connectivity index (χ0v) is 11.1. The number of piperidine rings is 1. The summed E-state index contributed by atoms with van der Waals surface area (Å²) in [6.07, 6.45) is 4.09. The number of rotatable bonds is 3. The summed E-state index contributed by atoms with van der Waals surface area (Å²) in [6, 6.07) is 0. The summed E-state index contributed by atoms with van der Waals surface area (Å²) in [5.41, 5.74) is 7.74. The summed E-state index contributed by atoms with van der Waals surface area (Å²) in [5, 5.41) is 0. The minimum atomic E-state index is 0.0690. The molecule has 1 aliphatic rings. The lowest BCUT2D eigenvalue weighted by molar-refractivity contribution is 0.159. The summed E-state index contributed by atoms with van der Waals surface area (Å²) >= 11 is 6.85. The highest BCUT2D eigenvalue weighted by Crippen LogP contribution is 2.31. The van der Waals surface area contributed by atoms with E-state index in [0.29, 0.717) is 4.99 Å². The van der Waals surface area contributed by atoms with Crippen molar-refractivity contribution in [1.82, 2.24) is 9.88 Å². The molecule has 1 aliphatic heterocycles. The maximum Gasteiger partial charge on any atom is 0.0794 e. The number of nitrogens with zero attached hydrogens (tertiary/aromatic N) is 2. The van der Waals surface area contributed by atoms with Crippen molar-refractivity contribution in [1.29, 1.82) is 0 Å². The second-order valence-electron chi connectivity index (χ2n) is 4.67. The molecule has 2 heterocycles. The predicted octanol–water partition coefficient (Wildman–Crippen LogP) is 2.03. The maximum atomic E-state index is 5.79. The number of thiocarbonyl (C=S) groups is 1. The summed E-state index contributed by atoms with van der Waals surface area (Å²) in [6.45, 7) is 5.34. The van der Waals surface area contributed by atoms with Crippen molar-refractivity contribution in [2.24, 2.45) is 11.1 Å². The van der Waals surface area contributed by atoms with Gasteiger partial charge in [-0.05, 0) is 25.9 Å². The normalized spacial score (nSPS) is 20.8. The number of hydrogen-bond acceptors (Lipinski definition) is 4. The van der Waals surface area contributed by atoms with Crippen molar-refractivity contribution in [3.63, 3.8) is 0 Å².